The number of fused-ring (bicyclic) bond motifs is 1. The van der Waals surface area contributed by atoms with E-state index in [-0.39, 0.29) is 17.6 Å². The molecule has 0 aromatic carbocycles. The fraction of sp³-hybridized carbons (Fsp3) is 0.467. The second-order valence-corrected chi connectivity index (χ2v) is 6.44. The lowest BCUT2D eigenvalue weighted by molar-refractivity contribution is -0.145. The molecule has 7 nitrogen and oxygen atoms in total. The van der Waals surface area contributed by atoms with E-state index in [0.29, 0.717) is 17.2 Å². The van der Waals surface area contributed by atoms with E-state index in [1.165, 1.54) is 18.9 Å². The summed E-state index contributed by atoms with van der Waals surface area (Å²) in [5.74, 6) is -0.233. The number of H-pyrrole nitrogens is 1. The van der Waals surface area contributed by atoms with Crippen molar-refractivity contribution in [1.29, 1.82) is 0 Å². The maximum Gasteiger partial charge on any atom is 0.328 e. The molecule has 0 unspecified atom stereocenters. The molecule has 2 aromatic heterocycles. The van der Waals surface area contributed by atoms with Crippen LogP contribution in [0.3, 0.4) is 0 Å². The molecule has 0 aliphatic rings. The molecule has 2 N–H and O–H groups in total. The SMILES string of the molecule is COC(=O)[C@@H](CC(C)C)NC(=O)CSc1nc2ncccc2[nH]1. The first-order valence-corrected chi connectivity index (χ1v) is 8.29. The summed E-state index contributed by atoms with van der Waals surface area (Å²) in [6, 6.07) is 3.06. The van der Waals surface area contributed by atoms with E-state index in [9.17, 15) is 9.59 Å². The van der Waals surface area contributed by atoms with Crippen molar-refractivity contribution in [3.05, 3.63) is 18.3 Å². The van der Waals surface area contributed by atoms with Gasteiger partial charge in [-0.25, -0.2) is 14.8 Å². The normalized spacial score (nSPS) is 12.3. The van der Waals surface area contributed by atoms with Crippen molar-refractivity contribution in [2.45, 2.75) is 31.5 Å². The summed E-state index contributed by atoms with van der Waals surface area (Å²) in [6.07, 6.45) is 2.20. The van der Waals surface area contributed by atoms with Crippen molar-refractivity contribution < 1.29 is 14.3 Å². The molecule has 2 heterocycles. The Bertz CT molecular complexity index is 653. The van der Waals surface area contributed by atoms with E-state index < -0.39 is 12.0 Å². The van der Waals surface area contributed by atoms with E-state index >= 15 is 0 Å². The van der Waals surface area contributed by atoms with Crippen LogP contribution in [0.2, 0.25) is 0 Å². The van der Waals surface area contributed by atoms with Crippen LogP contribution in [-0.2, 0) is 14.3 Å². The topological polar surface area (TPSA) is 97.0 Å². The minimum absolute atomic E-state index is 0.158. The fourth-order valence-corrected chi connectivity index (χ4v) is 2.77. The molecule has 23 heavy (non-hydrogen) atoms. The summed E-state index contributed by atoms with van der Waals surface area (Å²) in [6.45, 7) is 3.97. The highest BCUT2D eigenvalue weighted by Gasteiger charge is 2.22. The van der Waals surface area contributed by atoms with Gasteiger partial charge in [-0.15, -0.1) is 0 Å². The largest absolute Gasteiger partial charge is 0.467 e. The molecule has 0 bridgehead atoms. The van der Waals surface area contributed by atoms with Gasteiger partial charge in [0.1, 0.15) is 6.04 Å². The van der Waals surface area contributed by atoms with Gasteiger partial charge >= 0.3 is 5.97 Å². The first kappa shape index (κ1) is 17.3. The van der Waals surface area contributed by atoms with Crippen LogP contribution in [0.4, 0.5) is 0 Å². The molecular formula is C15H20N4O3S. The number of thioether (sulfide) groups is 1. The van der Waals surface area contributed by atoms with Crippen LogP contribution in [0, 0.1) is 5.92 Å². The van der Waals surface area contributed by atoms with Crippen molar-refractivity contribution >= 4 is 34.8 Å². The van der Waals surface area contributed by atoms with Crippen LogP contribution < -0.4 is 5.32 Å². The first-order chi connectivity index (χ1) is 11.0. The molecule has 1 atom stereocenters. The number of hydrogen-bond donors (Lipinski definition) is 2. The number of aromatic nitrogens is 3. The fourth-order valence-electron chi connectivity index (χ4n) is 2.09. The highest BCUT2D eigenvalue weighted by Crippen LogP contribution is 2.17. The van der Waals surface area contributed by atoms with E-state index in [1.807, 2.05) is 26.0 Å². The van der Waals surface area contributed by atoms with Gasteiger partial charge in [-0.05, 0) is 24.5 Å². The standard InChI is InChI=1S/C15H20N4O3S/c1-9(2)7-11(14(21)22-3)17-12(20)8-23-15-18-10-5-4-6-16-13(10)19-15/h4-6,9,11H,7-8H2,1-3H3,(H,17,20)(H,16,18,19)/t11-/m1/s1. The van der Waals surface area contributed by atoms with Gasteiger partial charge in [-0.2, -0.15) is 0 Å². The van der Waals surface area contributed by atoms with Crippen LogP contribution in [-0.4, -0.2) is 45.7 Å². The summed E-state index contributed by atoms with van der Waals surface area (Å²) in [5, 5.41) is 3.33. The van der Waals surface area contributed by atoms with Gasteiger partial charge in [-0.1, -0.05) is 25.6 Å². The van der Waals surface area contributed by atoms with Gasteiger partial charge in [0.2, 0.25) is 5.91 Å². The second kappa shape index (κ2) is 7.96. The van der Waals surface area contributed by atoms with E-state index in [0.717, 1.165) is 5.52 Å². The predicted molar refractivity (Wildman–Crippen MR) is 88.0 cm³/mol. The van der Waals surface area contributed by atoms with Crippen molar-refractivity contribution in [3.63, 3.8) is 0 Å². The summed E-state index contributed by atoms with van der Waals surface area (Å²) in [5.41, 5.74) is 1.44. The molecule has 0 radical (unpaired) electrons. The zero-order valence-corrected chi connectivity index (χ0v) is 14.1. The van der Waals surface area contributed by atoms with Crippen molar-refractivity contribution in [3.8, 4) is 0 Å². The van der Waals surface area contributed by atoms with Crippen LogP contribution in [0.25, 0.3) is 11.2 Å². The number of aromatic amines is 1. The number of esters is 1. The quantitative estimate of drug-likeness (QED) is 0.591. The van der Waals surface area contributed by atoms with Crippen molar-refractivity contribution in [2.24, 2.45) is 5.92 Å². The first-order valence-electron chi connectivity index (χ1n) is 7.30. The van der Waals surface area contributed by atoms with Crippen LogP contribution in [0.1, 0.15) is 20.3 Å². The molecule has 0 saturated carbocycles. The molecule has 0 spiro atoms. The smallest absolute Gasteiger partial charge is 0.328 e. The minimum Gasteiger partial charge on any atom is -0.467 e. The predicted octanol–water partition coefficient (Wildman–Crippen LogP) is 1.75. The zero-order valence-electron chi connectivity index (χ0n) is 13.3. The third kappa shape index (κ3) is 4.95. The lowest BCUT2D eigenvalue weighted by atomic mass is 10.0. The van der Waals surface area contributed by atoms with Gasteiger partial charge < -0.3 is 15.0 Å². The highest BCUT2D eigenvalue weighted by atomic mass is 32.2. The average Bonchev–Trinajstić information content (AvgIpc) is 2.94. The Labute approximate surface area is 138 Å². The van der Waals surface area contributed by atoms with Crippen LogP contribution in [0.15, 0.2) is 23.5 Å². The number of amides is 1. The number of nitrogens with zero attached hydrogens (tertiary/aromatic N) is 2. The molecule has 2 rings (SSSR count). The van der Waals surface area contributed by atoms with Crippen LogP contribution >= 0.6 is 11.8 Å². The van der Waals surface area contributed by atoms with Gasteiger partial charge in [0, 0.05) is 6.20 Å². The number of nitrogens with one attached hydrogen (secondary N) is 2. The summed E-state index contributed by atoms with van der Waals surface area (Å²) in [4.78, 5) is 35.3. The number of methoxy groups -OCH3 is 1. The molecular weight excluding hydrogens is 316 g/mol. The number of carbonyl (C=O) groups is 2. The Hall–Kier alpha value is -2.09. The lowest BCUT2D eigenvalue weighted by Gasteiger charge is -2.18. The molecule has 124 valence electrons. The Morgan fingerprint density at radius 2 is 2.22 bits per heavy atom. The van der Waals surface area contributed by atoms with E-state index in [1.54, 1.807) is 6.20 Å². The zero-order chi connectivity index (χ0) is 16.8. The molecule has 0 aliphatic carbocycles. The lowest BCUT2D eigenvalue weighted by Crippen LogP contribution is -2.43. The third-order valence-electron chi connectivity index (χ3n) is 3.10. The summed E-state index contributed by atoms with van der Waals surface area (Å²) in [7, 11) is 1.32. The monoisotopic (exact) mass is 336 g/mol. The van der Waals surface area contributed by atoms with Crippen molar-refractivity contribution in [1.82, 2.24) is 20.3 Å². The van der Waals surface area contributed by atoms with E-state index in [4.69, 9.17) is 4.74 Å². The maximum atomic E-state index is 12.0. The van der Waals surface area contributed by atoms with Crippen LogP contribution in [0.5, 0.6) is 0 Å². The number of imidazole rings is 1. The molecule has 0 saturated heterocycles. The number of rotatable bonds is 7. The highest BCUT2D eigenvalue weighted by molar-refractivity contribution is 7.99. The molecule has 0 aliphatic heterocycles. The summed E-state index contributed by atoms with van der Waals surface area (Å²) < 4.78 is 4.73. The van der Waals surface area contributed by atoms with Gasteiger partial charge in [-0.3, -0.25) is 4.79 Å². The number of ether oxygens (including phenoxy) is 1. The Morgan fingerprint density at radius 3 is 2.87 bits per heavy atom. The second-order valence-electron chi connectivity index (χ2n) is 5.48. The van der Waals surface area contributed by atoms with Gasteiger partial charge in [0.25, 0.3) is 0 Å². The Kier molecular flexibility index (Phi) is 5.97. The van der Waals surface area contributed by atoms with Crippen molar-refractivity contribution in [2.75, 3.05) is 12.9 Å². The molecule has 2 aromatic rings. The number of carbonyl (C=O) groups excluding carboxylic acids is 2. The Morgan fingerprint density at radius 1 is 1.43 bits per heavy atom. The number of pyridine rings is 1. The molecule has 1 amide bonds. The van der Waals surface area contributed by atoms with E-state index in [2.05, 4.69) is 20.3 Å². The maximum absolute atomic E-state index is 12.0. The molecule has 0 fully saturated rings. The summed E-state index contributed by atoms with van der Waals surface area (Å²) >= 11 is 1.26. The number of hydrogen-bond acceptors (Lipinski definition) is 6. The average molecular weight is 336 g/mol. The van der Waals surface area contributed by atoms with Gasteiger partial charge in [0.15, 0.2) is 10.8 Å². The Balaban J connectivity index is 1.91. The molecule has 8 heteroatoms. The van der Waals surface area contributed by atoms with Gasteiger partial charge in [0.05, 0.1) is 18.4 Å². The third-order valence-corrected chi connectivity index (χ3v) is 3.98. The minimum atomic E-state index is -0.620.